The van der Waals surface area contributed by atoms with Crippen molar-refractivity contribution >= 4 is 22.9 Å². The number of ether oxygens (including phenoxy) is 1. The molecule has 208 valence electrons. The van der Waals surface area contributed by atoms with Gasteiger partial charge in [-0.3, -0.25) is 4.79 Å². The van der Waals surface area contributed by atoms with Crippen LogP contribution in [0.2, 0.25) is 0 Å². The summed E-state index contributed by atoms with van der Waals surface area (Å²) in [6.45, 7) is 3.14. The molecule has 5 nitrogen and oxygen atoms in total. The van der Waals surface area contributed by atoms with Gasteiger partial charge in [0.1, 0.15) is 11.4 Å². The van der Waals surface area contributed by atoms with Gasteiger partial charge < -0.3 is 15.0 Å². The number of aromatic nitrogens is 1. The number of benzene rings is 3. The number of hydrogen-bond donors (Lipinski definition) is 1. The van der Waals surface area contributed by atoms with E-state index >= 15 is 0 Å². The molecule has 1 aliphatic rings. The van der Waals surface area contributed by atoms with Crippen molar-refractivity contribution in [1.82, 2.24) is 9.88 Å². The maximum absolute atomic E-state index is 13.1. The molecule has 2 heterocycles. The van der Waals surface area contributed by atoms with Crippen LogP contribution >= 0.6 is 11.3 Å². The number of aryl methyl sites for hydroxylation is 1. The maximum Gasteiger partial charge on any atom is 0.573 e. The second-order valence-corrected chi connectivity index (χ2v) is 10.7. The maximum atomic E-state index is 13.1. The Hall–Kier alpha value is -3.69. The molecule has 1 fully saturated rings. The van der Waals surface area contributed by atoms with Crippen molar-refractivity contribution in [3.8, 4) is 16.9 Å². The number of amides is 1. The number of carbonyl (C=O) groups excluding carboxylic acids is 1. The third kappa shape index (κ3) is 7.49. The fraction of sp³-hybridized carbons (Fsp3) is 0.290. The van der Waals surface area contributed by atoms with Crippen LogP contribution in [0, 0.1) is 0 Å². The smallest absolute Gasteiger partial charge is 0.406 e. The number of carbonyl (C=O) groups is 1. The fourth-order valence-electron chi connectivity index (χ4n) is 5.00. The Kier molecular flexibility index (Phi) is 8.81. The number of anilines is 1. The number of nitrogens with zero attached hydrogens (tertiary/aromatic N) is 2. The normalized spacial score (nSPS) is 14.7. The van der Waals surface area contributed by atoms with E-state index < -0.39 is 6.36 Å². The first-order valence-electron chi connectivity index (χ1n) is 13.3. The first kappa shape index (κ1) is 27.9. The Balaban J connectivity index is 1.15. The minimum Gasteiger partial charge on any atom is -0.406 e. The summed E-state index contributed by atoms with van der Waals surface area (Å²) in [5, 5.41) is 5.71. The molecular weight excluding hydrogens is 535 g/mol. The van der Waals surface area contributed by atoms with Gasteiger partial charge in [0.2, 0.25) is 0 Å². The van der Waals surface area contributed by atoms with Gasteiger partial charge in [-0.15, -0.1) is 24.5 Å². The third-order valence-corrected chi connectivity index (χ3v) is 8.06. The van der Waals surface area contributed by atoms with Crippen LogP contribution in [0.1, 0.15) is 46.2 Å². The predicted octanol–water partition coefficient (Wildman–Crippen LogP) is 7.77. The molecule has 1 aliphatic heterocycles. The van der Waals surface area contributed by atoms with Gasteiger partial charge in [0.05, 0.1) is 5.01 Å². The summed E-state index contributed by atoms with van der Waals surface area (Å²) < 4.78 is 41.4. The van der Waals surface area contributed by atoms with Gasteiger partial charge in [0.15, 0.2) is 0 Å². The molecule has 1 amide bonds. The molecule has 9 heteroatoms. The van der Waals surface area contributed by atoms with Gasteiger partial charge in [0.25, 0.3) is 5.91 Å². The molecule has 0 radical (unpaired) electrons. The van der Waals surface area contributed by atoms with Gasteiger partial charge in [-0.1, -0.05) is 60.7 Å². The lowest BCUT2D eigenvalue weighted by molar-refractivity contribution is -0.274. The highest BCUT2D eigenvalue weighted by Gasteiger charge is 2.31. The summed E-state index contributed by atoms with van der Waals surface area (Å²) in [6.07, 6.45) is -0.470. The highest BCUT2D eigenvalue weighted by molar-refractivity contribution is 7.10. The SMILES string of the molecule is O=C(Nc1ccccc1-c1ccc(OC(F)(F)F)cc1)c1csc(C2CCN(CCCc3ccccc3)CC2)n1. The van der Waals surface area contributed by atoms with E-state index in [1.807, 2.05) is 6.07 Å². The fourth-order valence-corrected chi connectivity index (χ4v) is 5.97. The van der Waals surface area contributed by atoms with Crippen molar-refractivity contribution in [3.05, 3.63) is 101 Å². The van der Waals surface area contributed by atoms with Crippen molar-refractivity contribution in [2.75, 3.05) is 25.0 Å². The van der Waals surface area contributed by atoms with E-state index in [0.717, 1.165) is 50.3 Å². The van der Waals surface area contributed by atoms with Crippen LogP contribution in [0.3, 0.4) is 0 Å². The number of piperidine rings is 1. The molecule has 1 aromatic heterocycles. The lowest BCUT2D eigenvalue weighted by atomic mass is 9.97. The highest BCUT2D eigenvalue weighted by atomic mass is 32.1. The van der Waals surface area contributed by atoms with E-state index in [2.05, 4.69) is 44.2 Å². The van der Waals surface area contributed by atoms with Crippen LogP contribution in [0.4, 0.5) is 18.9 Å². The molecule has 0 atom stereocenters. The number of alkyl halides is 3. The average molecular weight is 566 g/mol. The zero-order valence-electron chi connectivity index (χ0n) is 21.9. The van der Waals surface area contributed by atoms with Gasteiger partial charge in [-0.2, -0.15) is 0 Å². The molecule has 1 N–H and O–H groups in total. The van der Waals surface area contributed by atoms with Crippen molar-refractivity contribution in [2.45, 2.75) is 38.0 Å². The van der Waals surface area contributed by atoms with Crippen LogP contribution in [-0.2, 0) is 6.42 Å². The number of nitrogens with one attached hydrogen (secondary N) is 1. The lowest BCUT2D eigenvalue weighted by Gasteiger charge is -2.31. The topological polar surface area (TPSA) is 54.5 Å². The highest BCUT2D eigenvalue weighted by Crippen LogP contribution is 2.33. The summed E-state index contributed by atoms with van der Waals surface area (Å²) >= 11 is 1.52. The Bertz CT molecular complexity index is 1400. The average Bonchev–Trinajstić information content (AvgIpc) is 3.45. The second-order valence-electron chi connectivity index (χ2n) is 9.85. The molecule has 40 heavy (non-hydrogen) atoms. The van der Waals surface area contributed by atoms with E-state index in [4.69, 9.17) is 0 Å². The molecule has 0 bridgehead atoms. The first-order chi connectivity index (χ1) is 19.3. The van der Waals surface area contributed by atoms with Crippen LogP contribution < -0.4 is 10.1 Å². The molecular formula is C31H30F3N3O2S. The minimum absolute atomic E-state index is 0.300. The summed E-state index contributed by atoms with van der Waals surface area (Å²) in [7, 11) is 0. The van der Waals surface area contributed by atoms with Crippen LogP contribution in [0.15, 0.2) is 84.2 Å². The molecule has 0 aliphatic carbocycles. The van der Waals surface area contributed by atoms with Crippen molar-refractivity contribution < 1.29 is 22.7 Å². The monoisotopic (exact) mass is 565 g/mol. The first-order valence-corrected chi connectivity index (χ1v) is 14.2. The molecule has 5 rings (SSSR count). The standard InChI is InChI=1S/C31H30F3N3O2S/c32-31(33,34)39-25-14-12-23(13-15-25)26-10-4-5-11-27(26)35-29(38)28-21-40-30(36-28)24-16-19-37(20-17-24)18-6-9-22-7-2-1-3-8-22/h1-5,7-8,10-15,21,24H,6,9,16-20H2,(H,35,38). The van der Waals surface area contributed by atoms with E-state index in [-0.39, 0.29) is 11.7 Å². The Morgan fingerprint density at radius 3 is 2.40 bits per heavy atom. The Morgan fingerprint density at radius 1 is 0.975 bits per heavy atom. The lowest BCUT2D eigenvalue weighted by Crippen LogP contribution is -2.33. The van der Waals surface area contributed by atoms with Gasteiger partial charge in [-0.25, -0.2) is 4.98 Å². The number of halogens is 3. The summed E-state index contributed by atoms with van der Waals surface area (Å²) in [4.78, 5) is 20.3. The number of para-hydroxylation sites is 1. The number of hydrogen-bond acceptors (Lipinski definition) is 5. The largest absolute Gasteiger partial charge is 0.573 e. The van der Waals surface area contributed by atoms with Crippen molar-refractivity contribution in [2.24, 2.45) is 0 Å². The molecule has 3 aromatic carbocycles. The van der Waals surface area contributed by atoms with Crippen molar-refractivity contribution in [1.29, 1.82) is 0 Å². The summed E-state index contributed by atoms with van der Waals surface area (Å²) in [6, 6.07) is 23.3. The molecule has 0 spiro atoms. The third-order valence-electron chi connectivity index (χ3n) is 7.05. The Labute approximate surface area is 235 Å². The van der Waals surface area contributed by atoms with Gasteiger partial charge in [-0.05, 0) is 74.6 Å². The zero-order valence-corrected chi connectivity index (χ0v) is 22.7. The van der Waals surface area contributed by atoms with E-state index in [1.165, 1.54) is 41.2 Å². The van der Waals surface area contributed by atoms with E-state index in [9.17, 15) is 18.0 Å². The molecule has 0 unspecified atom stereocenters. The minimum atomic E-state index is -4.75. The zero-order chi connectivity index (χ0) is 28.0. The Morgan fingerprint density at radius 2 is 1.68 bits per heavy atom. The molecule has 4 aromatic rings. The molecule has 0 saturated carbocycles. The van der Waals surface area contributed by atoms with Gasteiger partial charge in [0, 0.05) is 22.5 Å². The van der Waals surface area contributed by atoms with Crippen LogP contribution in [0.5, 0.6) is 5.75 Å². The van der Waals surface area contributed by atoms with Gasteiger partial charge >= 0.3 is 6.36 Å². The van der Waals surface area contributed by atoms with E-state index in [1.54, 1.807) is 29.6 Å². The molecule has 1 saturated heterocycles. The quantitative estimate of drug-likeness (QED) is 0.225. The predicted molar refractivity (Wildman–Crippen MR) is 152 cm³/mol. The summed E-state index contributed by atoms with van der Waals surface area (Å²) in [5.74, 6) is -0.266. The van der Waals surface area contributed by atoms with E-state index in [0.29, 0.717) is 28.4 Å². The second kappa shape index (κ2) is 12.7. The number of rotatable bonds is 9. The van der Waals surface area contributed by atoms with Crippen LogP contribution in [0.25, 0.3) is 11.1 Å². The number of likely N-dealkylation sites (tertiary alicyclic amines) is 1. The van der Waals surface area contributed by atoms with Crippen LogP contribution in [-0.4, -0.2) is 41.8 Å². The van der Waals surface area contributed by atoms with Crippen molar-refractivity contribution in [3.63, 3.8) is 0 Å². The number of thiazole rings is 1. The summed E-state index contributed by atoms with van der Waals surface area (Å²) in [5.41, 5.74) is 3.64.